The zero-order chi connectivity index (χ0) is 29.8. The van der Waals surface area contributed by atoms with Gasteiger partial charge < -0.3 is 10.1 Å². The Labute approximate surface area is 244 Å². The first kappa shape index (κ1) is 29.9. The molecule has 0 aromatic heterocycles. The summed E-state index contributed by atoms with van der Waals surface area (Å²) in [4.78, 5) is 13.1. The van der Waals surface area contributed by atoms with Gasteiger partial charge in [0.2, 0.25) is 5.91 Å². The highest BCUT2D eigenvalue weighted by Gasteiger charge is 2.28. The monoisotopic (exact) mass is 613 g/mol. The summed E-state index contributed by atoms with van der Waals surface area (Å²) in [6, 6.07) is 23.2. The molecule has 214 valence electrons. The lowest BCUT2D eigenvalue weighted by Crippen LogP contribution is -2.38. The second kappa shape index (κ2) is 12.2. The van der Waals surface area contributed by atoms with Gasteiger partial charge in [0, 0.05) is 10.7 Å². The molecule has 0 fully saturated rings. The van der Waals surface area contributed by atoms with Crippen LogP contribution in [0.5, 0.6) is 5.75 Å². The van der Waals surface area contributed by atoms with E-state index in [-0.39, 0.29) is 21.2 Å². The van der Waals surface area contributed by atoms with E-state index in [2.05, 4.69) is 10.0 Å². The summed E-state index contributed by atoms with van der Waals surface area (Å²) in [6.45, 7) is 3.00. The maximum Gasteiger partial charge on any atom is 0.264 e. The number of carbonyl (C=O) groups excluding carboxylic acids is 1. The predicted octanol–water partition coefficient (Wildman–Crippen LogP) is 5.60. The van der Waals surface area contributed by atoms with E-state index in [0.717, 1.165) is 9.87 Å². The molecular weight excluding hydrogens is 586 g/mol. The van der Waals surface area contributed by atoms with Gasteiger partial charge in [-0.15, -0.1) is 0 Å². The number of amides is 1. The highest BCUT2D eigenvalue weighted by atomic mass is 35.5. The second-order valence-corrected chi connectivity index (χ2v) is 13.1. The van der Waals surface area contributed by atoms with Gasteiger partial charge in [0.1, 0.15) is 12.3 Å². The number of rotatable bonds is 10. The summed E-state index contributed by atoms with van der Waals surface area (Å²) in [5.41, 5.74) is 2.28. The maximum absolute atomic E-state index is 13.6. The van der Waals surface area contributed by atoms with E-state index in [1.807, 2.05) is 6.92 Å². The zero-order valence-corrected chi connectivity index (χ0v) is 24.8. The molecule has 0 atom stereocenters. The van der Waals surface area contributed by atoms with Crippen molar-refractivity contribution in [2.45, 2.75) is 23.6 Å². The van der Waals surface area contributed by atoms with Crippen LogP contribution in [0.4, 0.5) is 17.1 Å². The number of nitrogens with zero attached hydrogens (tertiary/aromatic N) is 1. The summed E-state index contributed by atoms with van der Waals surface area (Å²) in [7, 11) is -6.65. The number of carbonyl (C=O) groups is 1. The number of aryl methyl sites for hydroxylation is 2. The molecule has 2 N–H and O–H groups in total. The van der Waals surface area contributed by atoms with E-state index >= 15 is 0 Å². The van der Waals surface area contributed by atoms with Crippen molar-refractivity contribution in [3.63, 3.8) is 0 Å². The predicted molar refractivity (Wildman–Crippen MR) is 161 cm³/mol. The van der Waals surface area contributed by atoms with Crippen molar-refractivity contribution in [1.29, 1.82) is 0 Å². The smallest absolute Gasteiger partial charge is 0.264 e. The number of halogens is 1. The van der Waals surface area contributed by atoms with Gasteiger partial charge in [-0.3, -0.25) is 13.8 Å². The van der Waals surface area contributed by atoms with Crippen molar-refractivity contribution in [2.24, 2.45) is 0 Å². The van der Waals surface area contributed by atoms with Crippen molar-refractivity contribution in [2.75, 3.05) is 28.0 Å². The molecule has 0 spiro atoms. The Hall–Kier alpha value is -4.06. The average Bonchev–Trinajstić information content (AvgIpc) is 2.94. The molecule has 4 aromatic carbocycles. The molecule has 4 rings (SSSR count). The van der Waals surface area contributed by atoms with E-state index in [0.29, 0.717) is 22.0 Å². The normalized spacial score (nSPS) is 11.5. The summed E-state index contributed by atoms with van der Waals surface area (Å²) in [6.07, 6.45) is 0. The van der Waals surface area contributed by atoms with Crippen molar-refractivity contribution in [1.82, 2.24) is 0 Å². The topological polar surface area (TPSA) is 122 Å². The first-order valence-electron chi connectivity index (χ1n) is 12.3. The Balaban J connectivity index is 1.56. The van der Waals surface area contributed by atoms with Crippen LogP contribution < -0.4 is 19.1 Å². The molecular formula is C29H28ClN3O6S2. The number of ether oxygens (including phenoxy) is 1. The minimum Gasteiger partial charge on any atom is -0.495 e. The molecule has 4 aromatic rings. The van der Waals surface area contributed by atoms with Crippen molar-refractivity contribution in [3.05, 3.63) is 107 Å². The van der Waals surface area contributed by atoms with Crippen LogP contribution in [0.2, 0.25) is 5.02 Å². The molecule has 0 radical (unpaired) electrons. The van der Waals surface area contributed by atoms with Crippen molar-refractivity contribution < 1.29 is 26.4 Å². The fourth-order valence-corrected chi connectivity index (χ4v) is 6.75. The third-order valence-corrected chi connectivity index (χ3v) is 9.50. The Bertz CT molecular complexity index is 1780. The van der Waals surface area contributed by atoms with Crippen LogP contribution in [0.1, 0.15) is 11.1 Å². The average molecular weight is 614 g/mol. The molecule has 1 amide bonds. The minimum absolute atomic E-state index is 0.0134. The van der Waals surface area contributed by atoms with Crippen molar-refractivity contribution in [3.8, 4) is 5.75 Å². The first-order valence-corrected chi connectivity index (χ1v) is 15.6. The molecule has 0 saturated carbocycles. The Kier molecular flexibility index (Phi) is 8.91. The fraction of sp³-hybridized carbons (Fsp3) is 0.138. The lowest BCUT2D eigenvalue weighted by molar-refractivity contribution is -0.114. The van der Waals surface area contributed by atoms with Gasteiger partial charge in [-0.1, -0.05) is 41.9 Å². The number of anilines is 3. The van der Waals surface area contributed by atoms with Crippen LogP contribution in [0, 0.1) is 13.8 Å². The summed E-state index contributed by atoms with van der Waals surface area (Å²) in [5, 5.41) is 2.95. The van der Waals surface area contributed by atoms with E-state index in [1.165, 1.54) is 49.6 Å². The van der Waals surface area contributed by atoms with E-state index in [4.69, 9.17) is 16.3 Å². The van der Waals surface area contributed by atoms with Gasteiger partial charge in [0.25, 0.3) is 20.0 Å². The summed E-state index contributed by atoms with van der Waals surface area (Å²) in [5.74, 6) is -0.268. The lowest BCUT2D eigenvalue weighted by Gasteiger charge is -2.26. The molecule has 41 heavy (non-hydrogen) atoms. The molecule has 9 nitrogen and oxygen atoms in total. The number of nitrogens with one attached hydrogen (secondary N) is 2. The molecule has 0 aliphatic heterocycles. The summed E-state index contributed by atoms with van der Waals surface area (Å²) < 4.78 is 61.9. The van der Waals surface area contributed by atoms with E-state index < -0.39 is 32.5 Å². The van der Waals surface area contributed by atoms with Gasteiger partial charge in [-0.05, 0) is 85.6 Å². The number of benzene rings is 4. The number of hydrogen-bond acceptors (Lipinski definition) is 6. The van der Waals surface area contributed by atoms with E-state index in [1.54, 1.807) is 55.5 Å². The largest absolute Gasteiger partial charge is 0.495 e. The number of methoxy groups -OCH3 is 1. The molecule has 12 heteroatoms. The second-order valence-electron chi connectivity index (χ2n) is 9.14. The Morgan fingerprint density at radius 3 is 2.20 bits per heavy atom. The molecule has 0 bridgehead atoms. The van der Waals surface area contributed by atoms with Crippen LogP contribution in [-0.4, -0.2) is 36.4 Å². The number of sulfonamides is 2. The van der Waals surface area contributed by atoms with Crippen LogP contribution in [-0.2, 0) is 24.8 Å². The molecule has 0 unspecified atom stereocenters. The highest BCUT2D eigenvalue weighted by Crippen LogP contribution is 2.30. The molecule has 0 heterocycles. The van der Waals surface area contributed by atoms with Gasteiger partial charge in [-0.2, -0.15) is 0 Å². The van der Waals surface area contributed by atoms with Crippen LogP contribution in [0.25, 0.3) is 0 Å². The lowest BCUT2D eigenvalue weighted by atomic mass is 10.2. The molecule has 0 aliphatic rings. The Morgan fingerprint density at radius 2 is 1.54 bits per heavy atom. The quantitative estimate of drug-likeness (QED) is 0.240. The third kappa shape index (κ3) is 6.99. The summed E-state index contributed by atoms with van der Waals surface area (Å²) >= 11 is 6.17. The molecule has 0 aliphatic carbocycles. The SMILES string of the molecule is COc1ccc(C)cc1NS(=O)(=O)c1ccc(NC(=O)CN(c2cc(Cl)ccc2C)S(=O)(=O)c2ccccc2)cc1. The van der Waals surface area contributed by atoms with Gasteiger partial charge >= 0.3 is 0 Å². The van der Waals surface area contributed by atoms with Gasteiger partial charge in [0.15, 0.2) is 0 Å². The first-order chi connectivity index (χ1) is 19.4. The van der Waals surface area contributed by atoms with E-state index in [9.17, 15) is 21.6 Å². The van der Waals surface area contributed by atoms with Crippen molar-refractivity contribution >= 4 is 54.6 Å². The van der Waals surface area contributed by atoms with Crippen LogP contribution >= 0.6 is 11.6 Å². The van der Waals surface area contributed by atoms with Gasteiger partial charge in [0.05, 0.1) is 28.3 Å². The highest BCUT2D eigenvalue weighted by molar-refractivity contribution is 7.93. The minimum atomic E-state index is -4.13. The standard InChI is InChI=1S/C29H28ClN3O6S2/c1-20-9-16-28(39-3)26(17-20)32-40(35,36)24-14-12-23(13-15-24)31-29(34)19-33(27-18-22(30)11-10-21(27)2)41(37,38)25-7-5-4-6-8-25/h4-18,32H,19H2,1-3H3,(H,31,34). The van der Waals surface area contributed by atoms with Crippen LogP contribution in [0.15, 0.2) is 101 Å². The Morgan fingerprint density at radius 1 is 0.854 bits per heavy atom. The van der Waals surface area contributed by atoms with Gasteiger partial charge in [-0.25, -0.2) is 16.8 Å². The zero-order valence-electron chi connectivity index (χ0n) is 22.5. The maximum atomic E-state index is 13.6. The fourth-order valence-electron chi connectivity index (χ4n) is 4.02. The third-order valence-electron chi connectivity index (χ3n) is 6.11. The van der Waals surface area contributed by atoms with Crippen LogP contribution in [0.3, 0.4) is 0 Å². The number of hydrogen-bond donors (Lipinski definition) is 2. The molecule has 0 saturated heterocycles.